The highest BCUT2D eigenvalue weighted by Gasteiger charge is 2.43. The summed E-state index contributed by atoms with van der Waals surface area (Å²) in [6.45, 7) is 25.8. The Morgan fingerprint density at radius 1 is 0.964 bits per heavy atom. The van der Waals surface area contributed by atoms with Crippen LogP contribution in [0.25, 0.3) is 0 Å². The van der Waals surface area contributed by atoms with Crippen molar-refractivity contribution in [2.45, 2.75) is 97.4 Å². The highest BCUT2D eigenvalue weighted by atomic mass is 31.2. The van der Waals surface area contributed by atoms with Crippen molar-refractivity contribution in [2.75, 3.05) is 19.4 Å². The van der Waals surface area contributed by atoms with Crippen LogP contribution in [0.5, 0.6) is 0 Å². The van der Waals surface area contributed by atoms with E-state index in [-0.39, 0.29) is 16.2 Å². The van der Waals surface area contributed by atoms with Gasteiger partial charge in [-0.15, -0.1) is 0 Å². The second kappa shape index (κ2) is 9.93. The molecule has 1 atom stereocenters. The molecule has 0 radical (unpaired) electrons. The molecule has 1 N–H and O–H groups in total. The molecule has 0 aromatic carbocycles. The van der Waals surface area contributed by atoms with Crippen molar-refractivity contribution in [1.82, 2.24) is 0 Å². The molecule has 0 saturated heterocycles. The Bertz CT molecular complexity index is 564. The molecule has 0 fully saturated rings. The first-order chi connectivity index (χ1) is 12.3. The monoisotopic (exact) mass is 452 g/mol. The average molecular weight is 453 g/mol. The SMILES string of the molecule is CCOP(=O)(C/C(=C/[C@H](O)[Si](C)(C)C(C)(C)C)O[Si](C)(C)C(C)(C)C)OCC. The molecule has 5 nitrogen and oxygen atoms in total. The number of rotatable bonds is 10. The first kappa shape index (κ1) is 28.1. The van der Waals surface area contributed by atoms with Crippen LogP contribution in [0.3, 0.4) is 0 Å². The van der Waals surface area contributed by atoms with Crippen LogP contribution in [0.2, 0.25) is 36.3 Å². The van der Waals surface area contributed by atoms with E-state index in [1.165, 1.54) is 0 Å². The lowest BCUT2D eigenvalue weighted by molar-refractivity contribution is 0.218. The molecule has 0 bridgehead atoms. The lowest BCUT2D eigenvalue weighted by Gasteiger charge is -2.41. The van der Waals surface area contributed by atoms with Gasteiger partial charge in [-0.3, -0.25) is 4.57 Å². The summed E-state index contributed by atoms with van der Waals surface area (Å²) in [5.74, 6) is 0.536. The largest absolute Gasteiger partial charge is 0.546 e. The molecule has 0 aliphatic rings. The first-order valence-electron chi connectivity index (χ1n) is 10.3. The van der Waals surface area contributed by atoms with Crippen LogP contribution in [0, 0.1) is 0 Å². The Labute approximate surface area is 175 Å². The quantitative estimate of drug-likeness (QED) is 0.231. The molecule has 168 valence electrons. The van der Waals surface area contributed by atoms with Crippen LogP contribution in [0.15, 0.2) is 11.8 Å². The van der Waals surface area contributed by atoms with Gasteiger partial charge in [-0.2, -0.15) is 0 Å². The summed E-state index contributed by atoms with van der Waals surface area (Å²) in [5, 5.41) is 11.1. The molecule has 0 aromatic heterocycles. The van der Waals surface area contributed by atoms with Crippen LogP contribution < -0.4 is 0 Å². The van der Waals surface area contributed by atoms with Gasteiger partial charge in [0.15, 0.2) is 0 Å². The Balaban J connectivity index is 6.09. The van der Waals surface area contributed by atoms with Crippen LogP contribution in [-0.2, 0) is 18.0 Å². The second-order valence-corrected chi connectivity index (χ2v) is 22.8. The van der Waals surface area contributed by atoms with Crippen molar-refractivity contribution in [3.63, 3.8) is 0 Å². The van der Waals surface area contributed by atoms with Gasteiger partial charge in [0.2, 0.25) is 8.32 Å². The van der Waals surface area contributed by atoms with Crippen molar-refractivity contribution < 1.29 is 23.1 Å². The average Bonchev–Trinajstić information content (AvgIpc) is 2.44. The van der Waals surface area contributed by atoms with Gasteiger partial charge in [-0.05, 0) is 43.1 Å². The molecule has 0 rings (SSSR count). The molecule has 0 amide bonds. The van der Waals surface area contributed by atoms with Gasteiger partial charge in [0.1, 0.15) is 6.16 Å². The van der Waals surface area contributed by atoms with Gasteiger partial charge in [0.05, 0.1) is 32.8 Å². The summed E-state index contributed by atoms with van der Waals surface area (Å²) in [4.78, 5) is 0. The molecule has 0 aliphatic carbocycles. The van der Waals surface area contributed by atoms with Crippen LogP contribution in [0.1, 0.15) is 55.4 Å². The fraction of sp³-hybridized carbons (Fsp3) is 0.900. The fourth-order valence-corrected chi connectivity index (χ4v) is 6.45. The topological polar surface area (TPSA) is 65.0 Å². The Hall–Kier alpha value is 0.0838. The van der Waals surface area contributed by atoms with E-state index in [9.17, 15) is 9.67 Å². The predicted octanol–water partition coefficient (Wildman–Crippen LogP) is 6.57. The maximum absolute atomic E-state index is 13.2. The zero-order valence-electron chi connectivity index (χ0n) is 20.3. The Morgan fingerprint density at radius 3 is 1.71 bits per heavy atom. The van der Waals surface area contributed by atoms with Gasteiger partial charge < -0.3 is 18.6 Å². The van der Waals surface area contributed by atoms with Gasteiger partial charge in [0.25, 0.3) is 0 Å². The fourth-order valence-electron chi connectivity index (χ4n) is 2.14. The van der Waals surface area contributed by atoms with E-state index in [1.54, 1.807) is 19.9 Å². The van der Waals surface area contributed by atoms with Crippen LogP contribution in [0.4, 0.5) is 0 Å². The van der Waals surface area contributed by atoms with E-state index in [4.69, 9.17) is 13.5 Å². The first-order valence-corrected chi connectivity index (χ1v) is 18.0. The minimum absolute atomic E-state index is 0.00847. The third kappa shape index (κ3) is 7.73. The lowest BCUT2D eigenvalue weighted by atomic mass is 10.2. The molecular formula is C20H45O5PSi2. The summed E-state index contributed by atoms with van der Waals surface area (Å²) < 4.78 is 30.7. The van der Waals surface area contributed by atoms with Crippen LogP contribution >= 0.6 is 7.60 Å². The zero-order chi connectivity index (χ0) is 22.6. The number of hydrogen-bond donors (Lipinski definition) is 1. The molecule has 28 heavy (non-hydrogen) atoms. The third-order valence-corrected chi connectivity index (χ3v) is 18.1. The molecule has 0 spiro atoms. The normalized spacial score (nSPS) is 16.2. The van der Waals surface area contributed by atoms with Crippen molar-refractivity contribution in [2.24, 2.45) is 0 Å². The molecular weight excluding hydrogens is 407 g/mol. The molecule has 0 heterocycles. The third-order valence-electron chi connectivity index (χ3n) is 6.21. The number of aliphatic hydroxyl groups excluding tert-OH is 1. The highest BCUT2D eigenvalue weighted by Crippen LogP contribution is 2.51. The van der Waals surface area contributed by atoms with E-state index in [0.717, 1.165) is 0 Å². The van der Waals surface area contributed by atoms with E-state index in [2.05, 4.69) is 67.7 Å². The van der Waals surface area contributed by atoms with E-state index >= 15 is 0 Å². The molecule has 0 saturated carbocycles. The van der Waals surface area contributed by atoms with E-state index < -0.39 is 29.7 Å². The van der Waals surface area contributed by atoms with E-state index in [0.29, 0.717) is 19.0 Å². The van der Waals surface area contributed by atoms with Gasteiger partial charge in [-0.1, -0.05) is 54.6 Å². The summed E-state index contributed by atoms with van der Waals surface area (Å²) in [5.41, 5.74) is -0.621. The standard InChI is InChI=1S/C20H45O5PSi2/c1-13-23-26(22,24-14-2)16-17(25-28(11,12)20(6,7)8)15-18(21)27(9,10)19(3,4)5/h15,18,21H,13-14,16H2,1-12H3/b17-15-/t18-/m1/s1. The van der Waals surface area contributed by atoms with Crippen LogP contribution in [-0.4, -0.2) is 46.6 Å². The molecule has 8 heteroatoms. The summed E-state index contributed by atoms with van der Waals surface area (Å²) in [7, 11) is -7.57. The summed E-state index contributed by atoms with van der Waals surface area (Å²) in [6, 6.07) is 0. The van der Waals surface area contributed by atoms with Gasteiger partial charge >= 0.3 is 7.60 Å². The maximum atomic E-state index is 13.2. The number of allylic oxidation sites excluding steroid dienone is 1. The summed E-state index contributed by atoms with van der Waals surface area (Å²) >= 11 is 0. The molecule has 0 aromatic rings. The Morgan fingerprint density at radius 2 is 1.39 bits per heavy atom. The molecule has 0 unspecified atom stereocenters. The lowest BCUT2D eigenvalue weighted by Crippen LogP contribution is -2.49. The Kier molecular flexibility index (Phi) is 9.96. The number of aliphatic hydroxyl groups is 1. The smallest absolute Gasteiger partial charge is 0.338 e. The minimum atomic E-state index is -3.33. The highest BCUT2D eigenvalue weighted by molar-refractivity contribution is 7.54. The van der Waals surface area contributed by atoms with Crippen molar-refractivity contribution in [3.8, 4) is 0 Å². The van der Waals surface area contributed by atoms with Crippen molar-refractivity contribution in [3.05, 3.63) is 11.8 Å². The second-order valence-electron chi connectivity index (χ2n) is 10.5. The summed E-state index contributed by atoms with van der Waals surface area (Å²) in [6.07, 6.45) is 1.83. The van der Waals surface area contributed by atoms with Gasteiger partial charge in [0, 0.05) is 0 Å². The van der Waals surface area contributed by atoms with Crippen molar-refractivity contribution >= 4 is 24.0 Å². The predicted molar refractivity (Wildman–Crippen MR) is 125 cm³/mol. The minimum Gasteiger partial charge on any atom is -0.546 e. The maximum Gasteiger partial charge on any atom is 0.338 e. The van der Waals surface area contributed by atoms with Crippen molar-refractivity contribution in [1.29, 1.82) is 0 Å². The zero-order valence-corrected chi connectivity index (χ0v) is 23.2. The number of hydrogen-bond acceptors (Lipinski definition) is 5. The van der Waals surface area contributed by atoms with E-state index in [1.807, 2.05) is 0 Å². The van der Waals surface area contributed by atoms with Gasteiger partial charge in [-0.25, -0.2) is 0 Å². The molecule has 0 aliphatic heterocycles.